The fourth-order valence-electron chi connectivity index (χ4n) is 1.34. The Kier molecular flexibility index (Phi) is 8.00. The first kappa shape index (κ1) is 14.9. The Labute approximate surface area is 94.0 Å². The van der Waals surface area contributed by atoms with Gasteiger partial charge in [0, 0.05) is 5.75 Å². The van der Waals surface area contributed by atoms with Crippen LogP contribution in [0.2, 0.25) is 0 Å². The average molecular weight is 236 g/mol. The molecule has 0 fully saturated rings. The highest BCUT2D eigenvalue weighted by Gasteiger charge is 2.07. The van der Waals surface area contributed by atoms with E-state index in [1.807, 2.05) is 14.1 Å². The summed E-state index contributed by atoms with van der Waals surface area (Å²) in [5.41, 5.74) is 0. The summed E-state index contributed by atoms with van der Waals surface area (Å²) >= 11 is 0. The van der Waals surface area contributed by atoms with Gasteiger partial charge in [0.05, 0.1) is 5.75 Å². The van der Waals surface area contributed by atoms with Crippen molar-refractivity contribution in [2.24, 2.45) is 0 Å². The topological polar surface area (TPSA) is 49.4 Å². The molecule has 92 valence electrons. The van der Waals surface area contributed by atoms with E-state index in [2.05, 4.69) is 10.2 Å². The Morgan fingerprint density at radius 3 is 2.33 bits per heavy atom. The van der Waals surface area contributed by atoms with Crippen LogP contribution in [0.5, 0.6) is 0 Å². The quantitative estimate of drug-likeness (QED) is 0.587. The van der Waals surface area contributed by atoms with Gasteiger partial charge >= 0.3 is 0 Å². The molecule has 0 spiro atoms. The molecular formula is C10H24N2O2S. The SMILES string of the molecule is CCS(=O)(=O)CCCN(C)CCCNC. The van der Waals surface area contributed by atoms with Crippen LogP contribution in [-0.2, 0) is 9.84 Å². The van der Waals surface area contributed by atoms with Crippen molar-refractivity contribution >= 4 is 9.84 Å². The molecule has 0 saturated carbocycles. The number of nitrogens with zero attached hydrogens (tertiary/aromatic N) is 1. The van der Waals surface area contributed by atoms with Gasteiger partial charge in [-0.25, -0.2) is 8.42 Å². The van der Waals surface area contributed by atoms with Gasteiger partial charge in [-0.2, -0.15) is 0 Å². The summed E-state index contributed by atoms with van der Waals surface area (Å²) in [5.74, 6) is 0.580. The van der Waals surface area contributed by atoms with Gasteiger partial charge in [0.2, 0.25) is 0 Å². The zero-order valence-electron chi connectivity index (χ0n) is 10.1. The second-order valence-corrected chi connectivity index (χ2v) is 6.32. The molecule has 4 nitrogen and oxygen atoms in total. The van der Waals surface area contributed by atoms with Gasteiger partial charge in [0.1, 0.15) is 9.84 Å². The molecule has 0 aliphatic heterocycles. The van der Waals surface area contributed by atoms with E-state index < -0.39 is 9.84 Å². The van der Waals surface area contributed by atoms with Gasteiger partial charge in [-0.15, -0.1) is 0 Å². The van der Waals surface area contributed by atoms with Gasteiger partial charge in [0.15, 0.2) is 0 Å². The van der Waals surface area contributed by atoms with Crippen molar-refractivity contribution in [1.29, 1.82) is 0 Å². The van der Waals surface area contributed by atoms with Gasteiger partial charge in [0.25, 0.3) is 0 Å². The first-order valence-corrected chi connectivity index (χ1v) is 7.37. The van der Waals surface area contributed by atoms with Crippen molar-refractivity contribution in [3.05, 3.63) is 0 Å². The van der Waals surface area contributed by atoms with Crippen LogP contribution in [0.4, 0.5) is 0 Å². The van der Waals surface area contributed by atoms with Crippen LogP contribution in [0.1, 0.15) is 19.8 Å². The summed E-state index contributed by atoms with van der Waals surface area (Å²) in [6.45, 7) is 4.60. The molecule has 0 aromatic carbocycles. The van der Waals surface area contributed by atoms with Gasteiger partial charge in [-0.3, -0.25) is 0 Å². The summed E-state index contributed by atoms with van der Waals surface area (Å²) in [4.78, 5) is 2.18. The molecule has 15 heavy (non-hydrogen) atoms. The maximum Gasteiger partial charge on any atom is 0.150 e. The van der Waals surface area contributed by atoms with Crippen LogP contribution in [-0.4, -0.2) is 58.6 Å². The minimum Gasteiger partial charge on any atom is -0.320 e. The molecule has 0 rings (SSSR count). The molecule has 0 amide bonds. The van der Waals surface area contributed by atoms with Gasteiger partial charge < -0.3 is 10.2 Å². The number of hydrogen-bond donors (Lipinski definition) is 1. The molecule has 1 N–H and O–H groups in total. The van der Waals surface area contributed by atoms with Crippen molar-refractivity contribution in [3.8, 4) is 0 Å². The Bertz CT molecular complexity index is 240. The zero-order valence-corrected chi connectivity index (χ0v) is 10.9. The Balaban J connectivity index is 3.50. The van der Waals surface area contributed by atoms with Crippen molar-refractivity contribution in [1.82, 2.24) is 10.2 Å². The molecule has 0 unspecified atom stereocenters. The maximum atomic E-state index is 11.2. The lowest BCUT2D eigenvalue weighted by Gasteiger charge is -2.15. The monoisotopic (exact) mass is 236 g/mol. The van der Waals surface area contributed by atoms with E-state index in [9.17, 15) is 8.42 Å². The second kappa shape index (κ2) is 8.07. The summed E-state index contributed by atoms with van der Waals surface area (Å²) in [7, 11) is 1.19. The largest absolute Gasteiger partial charge is 0.320 e. The van der Waals surface area contributed by atoms with Crippen LogP contribution in [0.3, 0.4) is 0 Å². The molecule has 0 atom stereocenters. The fraction of sp³-hybridized carbons (Fsp3) is 1.00. The maximum absolute atomic E-state index is 11.2. The standard InChI is InChI=1S/C10H24N2O2S/c1-4-15(13,14)10-6-9-12(3)8-5-7-11-2/h11H,4-10H2,1-3H3. The highest BCUT2D eigenvalue weighted by atomic mass is 32.2. The number of sulfone groups is 1. The molecule has 0 heterocycles. The predicted octanol–water partition coefficient (Wildman–Crippen LogP) is 0.353. The molecule has 5 heteroatoms. The number of nitrogens with one attached hydrogen (secondary N) is 1. The van der Waals surface area contributed by atoms with E-state index in [0.29, 0.717) is 5.75 Å². The lowest BCUT2D eigenvalue weighted by Crippen LogP contribution is -2.25. The van der Waals surface area contributed by atoms with Crippen LogP contribution in [0.15, 0.2) is 0 Å². The number of hydrogen-bond acceptors (Lipinski definition) is 4. The normalized spacial score (nSPS) is 12.3. The molecule has 0 radical (unpaired) electrons. The third-order valence-corrected chi connectivity index (χ3v) is 4.19. The van der Waals surface area contributed by atoms with Crippen LogP contribution < -0.4 is 5.32 Å². The molecule has 0 aromatic heterocycles. The van der Waals surface area contributed by atoms with Crippen LogP contribution in [0.25, 0.3) is 0 Å². The third kappa shape index (κ3) is 8.84. The minimum absolute atomic E-state index is 0.260. The third-order valence-electron chi connectivity index (χ3n) is 2.40. The molecule has 0 bridgehead atoms. The lowest BCUT2D eigenvalue weighted by molar-refractivity contribution is 0.329. The highest BCUT2D eigenvalue weighted by molar-refractivity contribution is 7.91. The zero-order chi connectivity index (χ0) is 11.7. The average Bonchev–Trinajstić information content (AvgIpc) is 2.18. The van der Waals surface area contributed by atoms with E-state index in [0.717, 1.165) is 32.5 Å². The smallest absolute Gasteiger partial charge is 0.150 e. The molecule has 0 aliphatic carbocycles. The highest BCUT2D eigenvalue weighted by Crippen LogP contribution is 1.96. The van der Waals surface area contributed by atoms with Crippen molar-refractivity contribution in [3.63, 3.8) is 0 Å². The molecule has 0 aliphatic rings. The fourth-order valence-corrected chi connectivity index (χ4v) is 2.19. The predicted molar refractivity (Wildman–Crippen MR) is 65.0 cm³/mol. The Morgan fingerprint density at radius 2 is 1.80 bits per heavy atom. The van der Waals surface area contributed by atoms with E-state index >= 15 is 0 Å². The molecular weight excluding hydrogens is 212 g/mol. The van der Waals surface area contributed by atoms with Crippen molar-refractivity contribution < 1.29 is 8.42 Å². The van der Waals surface area contributed by atoms with Gasteiger partial charge in [-0.1, -0.05) is 6.92 Å². The number of rotatable bonds is 9. The molecule has 0 saturated heterocycles. The second-order valence-electron chi connectivity index (χ2n) is 3.85. The Morgan fingerprint density at radius 1 is 1.20 bits per heavy atom. The molecule has 0 aromatic rings. The van der Waals surface area contributed by atoms with E-state index in [1.165, 1.54) is 0 Å². The van der Waals surface area contributed by atoms with Crippen LogP contribution in [0, 0.1) is 0 Å². The summed E-state index contributed by atoms with van der Waals surface area (Å²) in [6, 6.07) is 0. The minimum atomic E-state index is -2.78. The van der Waals surface area contributed by atoms with E-state index in [1.54, 1.807) is 6.92 Å². The van der Waals surface area contributed by atoms with Crippen molar-refractivity contribution in [2.75, 3.05) is 45.2 Å². The van der Waals surface area contributed by atoms with Crippen molar-refractivity contribution in [2.45, 2.75) is 19.8 Å². The van der Waals surface area contributed by atoms with E-state index in [-0.39, 0.29) is 5.75 Å². The van der Waals surface area contributed by atoms with Crippen LogP contribution >= 0.6 is 0 Å². The first-order chi connectivity index (χ1) is 7.02. The summed E-state index contributed by atoms with van der Waals surface area (Å²) in [6.07, 6.45) is 1.85. The Hall–Kier alpha value is -0.130. The lowest BCUT2D eigenvalue weighted by atomic mass is 10.3. The first-order valence-electron chi connectivity index (χ1n) is 5.55. The van der Waals surface area contributed by atoms with Gasteiger partial charge in [-0.05, 0) is 46.6 Å². The van der Waals surface area contributed by atoms with E-state index in [4.69, 9.17) is 0 Å². The summed E-state index contributed by atoms with van der Waals surface area (Å²) in [5, 5.41) is 3.09. The summed E-state index contributed by atoms with van der Waals surface area (Å²) < 4.78 is 22.4.